The Balaban J connectivity index is 1.97. The fraction of sp³-hybridized carbons (Fsp3) is 0.625. The fourth-order valence-electron chi connectivity index (χ4n) is 3.08. The molecule has 0 aromatic heterocycles. The Labute approximate surface area is 140 Å². The highest BCUT2D eigenvalue weighted by molar-refractivity contribution is 8.13. The van der Waals surface area contributed by atoms with Crippen LogP contribution in [0.5, 0.6) is 0 Å². The summed E-state index contributed by atoms with van der Waals surface area (Å²) >= 11 is 1.44. The van der Waals surface area contributed by atoms with Gasteiger partial charge in [0.05, 0.1) is 11.2 Å². The Morgan fingerprint density at radius 1 is 1.43 bits per heavy atom. The van der Waals surface area contributed by atoms with E-state index in [-0.39, 0.29) is 6.09 Å². The summed E-state index contributed by atoms with van der Waals surface area (Å²) in [7, 11) is 0. The number of amidine groups is 1. The van der Waals surface area contributed by atoms with Crippen LogP contribution in [0, 0.1) is 0 Å². The normalized spacial score (nSPS) is 22.2. The van der Waals surface area contributed by atoms with Gasteiger partial charge in [-0.25, -0.2) is 14.6 Å². The highest BCUT2D eigenvalue weighted by Crippen LogP contribution is 2.54. The van der Waals surface area contributed by atoms with E-state index < -0.39 is 11.1 Å². The van der Waals surface area contributed by atoms with Crippen LogP contribution in [-0.2, 0) is 9.53 Å². The first kappa shape index (κ1) is 16.1. The zero-order chi connectivity index (χ0) is 16.8. The Morgan fingerprint density at radius 2 is 2.13 bits per heavy atom. The van der Waals surface area contributed by atoms with Crippen LogP contribution < -0.4 is 5.32 Å². The minimum absolute atomic E-state index is 0.308. The molecule has 1 saturated carbocycles. The third-order valence-corrected chi connectivity index (χ3v) is 4.79. The van der Waals surface area contributed by atoms with E-state index in [1.807, 2.05) is 33.0 Å². The van der Waals surface area contributed by atoms with Gasteiger partial charge in [-0.05, 0) is 46.3 Å². The van der Waals surface area contributed by atoms with Crippen molar-refractivity contribution in [3.63, 3.8) is 0 Å². The number of ether oxygens (including phenoxy) is 1. The van der Waals surface area contributed by atoms with E-state index in [1.165, 1.54) is 11.8 Å². The molecule has 0 atom stereocenters. The second-order valence-electron chi connectivity index (χ2n) is 6.96. The molecule has 1 N–H and O–H groups in total. The maximum atomic E-state index is 12.6. The first-order chi connectivity index (χ1) is 10.8. The van der Waals surface area contributed by atoms with E-state index in [2.05, 4.69) is 10.3 Å². The Bertz CT molecular complexity index is 665. The number of fused-ring (bicyclic) bond motifs is 1. The monoisotopic (exact) mass is 335 g/mol. The summed E-state index contributed by atoms with van der Waals surface area (Å²) in [6.45, 7) is 6.12. The quantitative estimate of drug-likeness (QED) is 0.689. The zero-order valence-electron chi connectivity index (χ0n) is 13.9. The summed E-state index contributed by atoms with van der Waals surface area (Å²) in [5.74, 6) is 1.98. The number of hydrogen-bond acceptors (Lipinski definition) is 6. The van der Waals surface area contributed by atoms with Gasteiger partial charge in [0.25, 0.3) is 0 Å². The number of carbonyl (C=O) groups excluding carboxylic acids is 2. The molecule has 23 heavy (non-hydrogen) atoms. The summed E-state index contributed by atoms with van der Waals surface area (Å²) < 4.78 is 5.55. The van der Waals surface area contributed by atoms with E-state index in [0.717, 1.165) is 24.1 Å². The van der Waals surface area contributed by atoms with Crippen molar-refractivity contribution in [2.24, 2.45) is 4.99 Å². The van der Waals surface area contributed by atoms with Crippen molar-refractivity contribution in [1.29, 1.82) is 0 Å². The van der Waals surface area contributed by atoms with E-state index in [9.17, 15) is 9.59 Å². The van der Waals surface area contributed by atoms with Crippen molar-refractivity contribution in [3.8, 4) is 0 Å². The molecule has 0 saturated heterocycles. The molecule has 0 radical (unpaired) electrons. The van der Waals surface area contributed by atoms with Crippen molar-refractivity contribution >= 4 is 29.0 Å². The lowest BCUT2D eigenvalue weighted by Crippen LogP contribution is -2.50. The SMILES string of the molecule is CSC1=NC2=C(CCN(C(=O)OC(C)(C)C)C23CC3)C(=C=O)N1. The second kappa shape index (κ2) is 5.42. The van der Waals surface area contributed by atoms with Crippen molar-refractivity contribution in [2.45, 2.75) is 51.2 Å². The molecule has 0 aromatic carbocycles. The molecule has 2 aliphatic heterocycles. The summed E-state index contributed by atoms with van der Waals surface area (Å²) in [6.07, 6.45) is 3.87. The van der Waals surface area contributed by atoms with Gasteiger partial charge >= 0.3 is 6.09 Å². The zero-order valence-corrected chi connectivity index (χ0v) is 14.7. The fourth-order valence-corrected chi connectivity index (χ4v) is 3.47. The average molecular weight is 335 g/mol. The molecular weight excluding hydrogens is 314 g/mol. The molecule has 3 rings (SSSR count). The molecule has 7 heteroatoms. The highest BCUT2D eigenvalue weighted by atomic mass is 32.2. The van der Waals surface area contributed by atoms with Gasteiger partial charge in [0.2, 0.25) is 0 Å². The lowest BCUT2D eigenvalue weighted by molar-refractivity contribution is 0.0149. The summed E-state index contributed by atoms with van der Waals surface area (Å²) in [5.41, 5.74) is 1.22. The minimum atomic E-state index is -0.530. The van der Waals surface area contributed by atoms with Crippen LogP contribution in [0.3, 0.4) is 0 Å². The van der Waals surface area contributed by atoms with E-state index in [0.29, 0.717) is 23.8 Å². The van der Waals surface area contributed by atoms with Gasteiger partial charge in [-0.15, -0.1) is 0 Å². The maximum Gasteiger partial charge on any atom is 0.411 e. The topological polar surface area (TPSA) is 71.0 Å². The van der Waals surface area contributed by atoms with E-state index in [4.69, 9.17) is 4.74 Å². The van der Waals surface area contributed by atoms with Crippen molar-refractivity contribution in [1.82, 2.24) is 10.2 Å². The van der Waals surface area contributed by atoms with Gasteiger partial charge in [-0.2, -0.15) is 0 Å². The Kier molecular flexibility index (Phi) is 3.81. The molecule has 1 amide bonds. The molecule has 3 aliphatic rings. The summed E-state index contributed by atoms with van der Waals surface area (Å²) in [6, 6.07) is 0. The van der Waals surface area contributed by atoms with Crippen LogP contribution in [0.1, 0.15) is 40.0 Å². The predicted molar refractivity (Wildman–Crippen MR) is 89.8 cm³/mol. The molecule has 124 valence electrons. The number of nitrogens with zero attached hydrogens (tertiary/aromatic N) is 2. The third-order valence-electron chi connectivity index (χ3n) is 4.21. The summed E-state index contributed by atoms with van der Waals surface area (Å²) in [5, 5.41) is 3.68. The molecule has 1 fully saturated rings. The molecule has 1 aliphatic carbocycles. The second-order valence-corrected chi connectivity index (χ2v) is 7.76. The van der Waals surface area contributed by atoms with Gasteiger partial charge in [-0.1, -0.05) is 11.8 Å². The van der Waals surface area contributed by atoms with Gasteiger partial charge in [0.15, 0.2) is 11.1 Å². The number of nitrogens with one attached hydrogen (secondary N) is 1. The van der Waals surface area contributed by atoms with Crippen LogP contribution in [0.15, 0.2) is 22.0 Å². The van der Waals surface area contributed by atoms with Crippen molar-refractivity contribution < 1.29 is 14.3 Å². The lowest BCUT2D eigenvalue weighted by atomic mass is 9.94. The van der Waals surface area contributed by atoms with Gasteiger partial charge in [-0.3, -0.25) is 4.90 Å². The van der Waals surface area contributed by atoms with Crippen LogP contribution in [0.4, 0.5) is 4.79 Å². The molecule has 2 heterocycles. The number of carbonyl (C=O) groups is 1. The van der Waals surface area contributed by atoms with Crippen molar-refractivity contribution in [3.05, 3.63) is 17.0 Å². The van der Waals surface area contributed by atoms with Crippen LogP contribution in [0.2, 0.25) is 0 Å². The number of allylic oxidation sites excluding steroid dienone is 1. The first-order valence-corrected chi connectivity index (χ1v) is 8.92. The van der Waals surface area contributed by atoms with Crippen LogP contribution in [0.25, 0.3) is 0 Å². The lowest BCUT2D eigenvalue weighted by Gasteiger charge is -2.40. The maximum absolute atomic E-state index is 12.6. The molecule has 0 aromatic rings. The molecule has 0 unspecified atom stereocenters. The van der Waals surface area contributed by atoms with Crippen LogP contribution >= 0.6 is 11.8 Å². The van der Waals surface area contributed by atoms with Crippen LogP contribution in [-0.4, -0.2) is 46.0 Å². The predicted octanol–water partition coefficient (Wildman–Crippen LogP) is 2.45. The number of aliphatic imine (C=N–C) groups is 1. The highest BCUT2D eigenvalue weighted by Gasteiger charge is 2.58. The molecule has 6 nitrogen and oxygen atoms in total. The largest absolute Gasteiger partial charge is 0.444 e. The minimum Gasteiger partial charge on any atom is -0.444 e. The molecule has 1 spiro atoms. The third kappa shape index (κ3) is 2.79. The Hall–Kier alpha value is -1.72. The van der Waals surface area contributed by atoms with Gasteiger partial charge < -0.3 is 10.1 Å². The first-order valence-electron chi connectivity index (χ1n) is 7.70. The van der Waals surface area contributed by atoms with Crippen molar-refractivity contribution in [2.75, 3.05) is 12.8 Å². The van der Waals surface area contributed by atoms with Gasteiger partial charge in [0.1, 0.15) is 11.3 Å². The summed E-state index contributed by atoms with van der Waals surface area (Å²) in [4.78, 5) is 30.3. The molecule has 0 bridgehead atoms. The number of rotatable bonds is 0. The Morgan fingerprint density at radius 3 is 2.65 bits per heavy atom. The molecular formula is C16H21N3O3S. The van der Waals surface area contributed by atoms with E-state index in [1.54, 1.807) is 4.90 Å². The number of amides is 1. The van der Waals surface area contributed by atoms with Gasteiger partial charge in [0, 0.05) is 12.1 Å². The standard InChI is InChI=1S/C16H21N3O3S/c1-15(2,3)22-14(21)19-8-5-10-11(9-20)17-13(23-4)18-12(10)16(19)6-7-16/h5-8H2,1-4H3,(H,17,18). The number of thioether (sulfide) groups is 1. The van der Waals surface area contributed by atoms with E-state index >= 15 is 0 Å². The smallest absolute Gasteiger partial charge is 0.411 e. The number of hydrogen-bond donors (Lipinski definition) is 1. The average Bonchev–Trinajstić information content (AvgIpc) is 3.26.